The summed E-state index contributed by atoms with van der Waals surface area (Å²) in [6.45, 7) is 6.69. The van der Waals surface area contributed by atoms with Crippen molar-refractivity contribution >= 4 is 5.91 Å². The standard InChI is InChI=1S/C17H26N2O2/c1-13(2)17(20)18-12-16(19-9-4-5-10-19)14-7-6-8-15(11-14)21-3/h6-8,11,13,16H,4-5,9-10,12H2,1-3H3,(H,18,20). The Morgan fingerprint density at radius 2 is 2.05 bits per heavy atom. The number of methoxy groups -OCH3 is 1. The van der Waals surface area contributed by atoms with Gasteiger partial charge in [-0.2, -0.15) is 0 Å². The summed E-state index contributed by atoms with van der Waals surface area (Å²) in [4.78, 5) is 14.3. The second kappa shape index (κ2) is 7.46. The molecule has 1 aromatic carbocycles. The van der Waals surface area contributed by atoms with Crippen LogP contribution in [0.3, 0.4) is 0 Å². The molecule has 0 aromatic heterocycles. The molecular weight excluding hydrogens is 264 g/mol. The Labute approximate surface area is 127 Å². The van der Waals surface area contributed by atoms with Crippen molar-refractivity contribution in [2.24, 2.45) is 5.92 Å². The lowest BCUT2D eigenvalue weighted by Crippen LogP contribution is -2.38. The first-order valence-electron chi connectivity index (χ1n) is 7.77. The van der Waals surface area contributed by atoms with Gasteiger partial charge in [-0.15, -0.1) is 0 Å². The number of benzene rings is 1. The molecule has 4 nitrogen and oxygen atoms in total. The zero-order valence-corrected chi connectivity index (χ0v) is 13.3. The van der Waals surface area contributed by atoms with Gasteiger partial charge in [0.15, 0.2) is 0 Å². The Balaban J connectivity index is 2.12. The summed E-state index contributed by atoms with van der Waals surface area (Å²) in [6.07, 6.45) is 2.47. The Kier molecular flexibility index (Phi) is 5.62. The van der Waals surface area contributed by atoms with Gasteiger partial charge in [0.2, 0.25) is 5.91 Å². The topological polar surface area (TPSA) is 41.6 Å². The molecule has 1 unspecified atom stereocenters. The Bertz CT molecular complexity index is 468. The normalized spacial score (nSPS) is 17.0. The highest BCUT2D eigenvalue weighted by atomic mass is 16.5. The van der Waals surface area contributed by atoms with Gasteiger partial charge in [-0.25, -0.2) is 0 Å². The minimum atomic E-state index is 0.0227. The molecule has 0 spiro atoms. The number of hydrogen-bond acceptors (Lipinski definition) is 3. The van der Waals surface area contributed by atoms with Gasteiger partial charge in [0.1, 0.15) is 5.75 Å². The number of ether oxygens (including phenoxy) is 1. The second-order valence-electron chi connectivity index (χ2n) is 5.94. The van der Waals surface area contributed by atoms with E-state index in [2.05, 4.69) is 22.3 Å². The van der Waals surface area contributed by atoms with Crippen molar-refractivity contribution in [3.63, 3.8) is 0 Å². The Hall–Kier alpha value is -1.55. The molecule has 1 amide bonds. The third kappa shape index (κ3) is 4.21. The molecule has 0 bridgehead atoms. The summed E-state index contributed by atoms with van der Waals surface area (Å²) in [5.74, 6) is 1.00. The van der Waals surface area contributed by atoms with Crippen LogP contribution < -0.4 is 10.1 Å². The van der Waals surface area contributed by atoms with Crippen LogP contribution in [0.4, 0.5) is 0 Å². The Morgan fingerprint density at radius 1 is 1.33 bits per heavy atom. The fourth-order valence-electron chi connectivity index (χ4n) is 2.76. The number of likely N-dealkylation sites (tertiary alicyclic amines) is 1. The van der Waals surface area contributed by atoms with Gasteiger partial charge in [0.25, 0.3) is 0 Å². The van der Waals surface area contributed by atoms with Crippen molar-refractivity contribution < 1.29 is 9.53 Å². The highest BCUT2D eigenvalue weighted by Crippen LogP contribution is 2.27. The van der Waals surface area contributed by atoms with Gasteiger partial charge in [-0.3, -0.25) is 9.69 Å². The molecule has 0 aliphatic carbocycles. The molecule has 1 N–H and O–H groups in total. The molecule has 0 saturated carbocycles. The van der Waals surface area contributed by atoms with Gasteiger partial charge in [0, 0.05) is 12.5 Å². The maximum atomic E-state index is 11.9. The highest BCUT2D eigenvalue weighted by Gasteiger charge is 2.24. The molecule has 1 aromatic rings. The van der Waals surface area contributed by atoms with Crippen LogP contribution in [0, 0.1) is 5.92 Å². The quantitative estimate of drug-likeness (QED) is 0.875. The molecular formula is C17H26N2O2. The highest BCUT2D eigenvalue weighted by molar-refractivity contribution is 5.77. The van der Waals surface area contributed by atoms with Gasteiger partial charge in [-0.05, 0) is 43.6 Å². The van der Waals surface area contributed by atoms with Gasteiger partial charge in [0.05, 0.1) is 13.2 Å². The van der Waals surface area contributed by atoms with E-state index in [0.717, 1.165) is 18.8 Å². The average Bonchev–Trinajstić information content (AvgIpc) is 3.01. The van der Waals surface area contributed by atoms with E-state index in [4.69, 9.17) is 4.74 Å². The summed E-state index contributed by atoms with van der Waals surface area (Å²) < 4.78 is 5.33. The summed E-state index contributed by atoms with van der Waals surface area (Å²) in [6, 6.07) is 8.39. The number of carbonyl (C=O) groups excluding carboxylic acids is 1. The zero-order chi connectivity index (χ0) is 15.2. The molecule has 1 aliphatic heterocycles. The van der Waals surface area contributed by atoms with E-state index in [1.807, 2.05) is 26.0 Å². The maximum absolute atomic E-state index is 11.9. The lowest BCUT2D eigenvalue weighted by Gasteiger charge is -2.28. The van der Waals surface area contributed by atoms with Gasteiger partial charge >= 0.3 is 0 Å². The third-order valence-electron chi connectivity index (χ3n) is 4.05. The molecule has 1 saturated heterocycles. The van der Waals surface area contributed by atoms with Crippen molar-refractivity contribution in [2.45, 2.75) is 32.7 Å². The van der Waals surface area contributed by atoms with Crippen molar-refractivity contribution in [1.29, 1.82) is 0 Å². The fourth-order valence-corrected chi connectivity index (χ4v) is 2.76. The summed E-state index contributed by atoms with van der Waals surface area (Å²) in [7, 11) is 1.69. The first-order valence-corrected chi connectivity index (χ1v) is 7.77. The number of rotatable bonds is 6. The SMILES string of the molecule is COc1cccc(C(CNC(=O)C(C)C)N2CCCC2)c1. The first-order chi connectivity index (χ1) is 10.1. The number of hydrogen-bond donors (Lipinski definition) is 1. The molecule has 1 atom stereocenters. The van der Waals surface area contributed by atoms with E-state index >= 15 is 0 Å². The van der Waals surface area contributed by atoms with Crippen LogP contribution in [0.5, 0.6) is 5.75 Å². The van der Waals surface area contributed by atoms with Crippen LogP contribution in [0.1, 0.15) is 38.3 Å². The second-order valence-corrected chi connectivity index (χ2v) is 5.94. The van der Waals surface area contributed by atoms with Gasteiger partial charge in [-0.1, -0.05) is 26.0 Å². The van der Waals surface area contributed by atoms with Crippen molar-refractivity contribution in [3.8, 4) is 5.75 Å². The maximum Gasteiger partial charge on any atom is 0.222 e. The molecule has 1 aliphatic rings. The largest absolute Gasteiger partial charge is 0.497 e. The van der Waals surface area contributed by atoms with Crippen LogP contribution in [0.2, 0.25) is 0 Å². The predicted octanol–water partition coefficient (Wildman–Crippen LogP) is 2.60. The molecule has 1 heterocycles. The number of nitrogens with zero attached hydrogens (tertiary/aromatic N) is 1. The first kappa shape index (κ1) is 15.8. The average molecular weight is 290 g/mol. The number of amides is 1. The van der Waals surface area contributed by atoms with E-state index in [0.29, 0.717) is 6.54 Å². The lowest BCUT2D eigenvalue weighted by molar-refractivity contribution is -0.124. The summed E-state index contributed by atoms with van der Waals surface area (Å²) >= 11 is 0. The van der Waals surface area contributed by atoms with Crippen LogP contribution in [-0.4, -0.2) is 37.6 Å². The van der Waals surface area contributed by atoms with Crippen LogP contribution >= 0.6 is 0 Å². The predicted molar refractivity (Wildman–Crippen MR) is 84.4 cm³/mol. The number of nitrogens with one attached hydrogen (secondary N) is 1. The van der Waals surface area contributed by atoms with Crippen molar-refractivity contribution in [3.05, 3.63) is 29.8 Å². The third-order valence-corrected chi connectivity index (χ3v) is 4.05. The minimum absolute atomic E-state index is 0.0227. The lowest BCUT2D eigenvalue weighted by atomic mass is 10.0. The monoisotopic (exact) mass is 290 g/mol. The van der Waals surface area contributed by atoms with E-state index in [-0.39, 0.29) is 17.9 Å². The van der Waals surface area contributed by atoms with Crippen LogP contribution in [0.25, 0.3) is 0 Å². The summed E-state index contributed by atoms with van der Waals surface area (Å²) in [5, 5.41) is 3.07. The van der Waals surface area contributed by atoms with Crippen molar-refractivity contribution in [2.75, 3.05) is 26.7 Å². The number of carbonyl (C=O) groups is 1. The van der Waals surface area contributed by atoms with Crippen LogP contribution in [-0.2, 0) is 4.79 Å². The van der Waals surface area contributed by atoms with Crippen molar-refractivity contribution in [1.82, 2.24) is 10.2 Å². The van der Waals surface area contributed by atoms with Gasteiger partial charge < -0.3 is 10.1 Å². The van der Waals surface area contributed by atoms with E-state index in [1.165, 1.54) is 18.4 Å². The molecule has 21 heavy (non-hydrogen) atoms. The van der Waals surface area contributed by atoms with E-state index in [9.17, 15) is 4.79 Å². The zero-order valence-electron chi connectivity index (χ0n) is 13.3. The van der Waals surface area contributed by atoms with E-state index in [1.54, 1.807) is 7.11 Å². The van der Waals surface area contributed by atoms with Crippen LogP contribution in [0.15, 0.2) is 24.3 Å². The molecule has 2 rings (SSSR count). The van der Waals surface area contributed by atoms with E-state index < -0.39 is 0 Å². The molecule has 116 valence electrons. The smallest absolute Gasteiger partial charge is 0.222 e. The Morgan fingerprint density at radius 3 is 2.67 bits per heavy atom. The summed E-state index contributed by atoms with van der Waals surface area (Å²) in [5.41, 5.74) is 1.21. The molecule has 4 heteroatoms. The fraction of sp³-hybridized carbons (Fsp3) is 0.588. The minimum Gasteiger partial charge on any atom is -0.497 e. The molecule has 0 radical (unpaired) electrons. The molecule has 1 fully saturated rings.